The Bertz CT molecular complexity index is 829. The number of carbonyl (C=O) groups excluding carboxylic acids is 1. The van der Waals surface area contributed by atoms with Crippen LogP contribution < -0.4 is 19.5 Å². The highest BCUT2D eigenvalue weighted by Gasteiger charge is 2.15. The van der Waals surface area contributed by atoms with Crippen molar-refractivity contribution in [2.24, 2.45) is 0 Å². The van der Waals surface area contributed by atoms with Crippen molar-refractivity contribution in [3.63, 3.8) is 0 Å². The van der Waals surface area contributed by atoms with Gasteiger partial charge in [-0.05, 0) is 36.3 Å². The number of hydrogen-bond acceptors (Lipinski definition) is 5. The molecule has 0 aliphatic heterocycles. The average Bonchev–Trinajstić information content (AvgIpc) is 2.71. The zero-order valence-corrected chi connectivity index (χ0v) is 15.6. The molecule has 0 bridgehead atoms. The highest BCUT2D eigenvalue weighted by molar-refractivity contribution is 6.01. The van der Waals surface area contributed by atoms with E-state index in [-0.39, 0.29) is 5.57 Å². The lowest BCUT2D eigenvalue weighted by Gasteiger charge is -2.14. The van der Waals surface area contributed by atoms with Gasteiger partial charge in [0.2, 0.25) is 5.75 Å². The molecule has 0 aliphatic rings. The number of amides is 1. The highest BCUT2D eigenvalue weighted by Crippen LogP contribution is 2.39. The van der Waals surface area contributed by atoms with E-state index in [4.69, 9.17) is 14.2 Å². The predicted octanol–water partition coefficient (Wildman–Crippen LogP) is 3.33. The smallest absolute Gasteiger partial charge is 0.262 e. The molecule has 0 fully saturated rings. The number of ether oxygens (including phenoxy) is 3. The number of rotatable bonds is 8. The summed E-state index contributed by atoms with van der Waals surface area (Å²) in [6.45, 7) is 2.65. The molecule has 6 heteroatoms. The van der Waals surface area contributed by atoms with Gasteiger partial charge in [0.1, 0.15) is 11.6 Å². The second-order valence-corrected chi connectivity index (χ2v) is 5.53. The molecular weight excluding hydrogens is 344 g/mol. The fourth-order valence-electron chi connectivity index (χ4n) is 2.46. The average molecular weight is 366 g/mol. The van der Waals surface area contributed by atoms with Gasteiger partial charge in [-0.15, -0.1) is 0 Å². The molecule has 0 saturated carbocycles. The van der Waals surface area contributed by atoms with Crippen LogP contribution in [0.3, 0.4) is 0 Å². The van der Waals surface area contributed by atoms with Crippen molar-refractivity contribution >= 4 is 12.0 Å². The van der Waals surface area contributed by atoms with Gasteiger partial charge in [0.25, 0.3) is 5.91 Å². The van der Waals surface area contributed by atoms with Crippen LogP contribution in [0.1, 0.15) is 18.1 Å². The summed E-state index contributed by atoms with van der Waals surface area (Å²) in [5, 5.41) is 12.1. The third kappa shape index (κ3) is 5.25. The minimum absolute atomic E-state index is 0.0146. The third-order valence-corrected chi connectivity index (χ3v) is 3.74. The van der Waals surface area contributed by atoms with Crippen molar-refractivity contribution in [3.05, 3.63) is 59.2 Å². The van der Waals surface area contributed by atoms with Gasteiger partial charge in [-0.1, -0.05) is 30.3 Å². The molecule has 2 aromatic carbocycles. The maximum atomic E-state index is 12.3. The van der Waals surface area contributed by atoms with Crippen LogP contribution in [-0.4, -0.2) is 26.7 Å². The molecule has 0 radical (unpaired) electrons. The zero-order chi connectivity index (χ0) is 19.6. The minimum Gasteiger partial charge on any atom is -0.493 e. The van der Waals surface area contributed by atoms with Crippen LogP contribution >= 0.6 is 0 Å². The van der Waals surface area contributed by atoms with E-state index in [0.29, 0.717) is 36.0 Å². The van der Waals surface area contributed by atoms with Gasteiger partial charge in [-0.25, -0.2) is 0 Å². The molecule has 2 aromatic rings. The quantitative estimate of drug-likeness (QED) is 0.572. The summed E-state index contributed by atoms with van der Waals surface area (Å²) in [6.07, 6.45) is 1.49. The zero-order valence-electron chi connectivity index (χ0n) is 15.6. The summed E-state index contributed by atoms with van der Waals surface area (Å²) in [5.74, 6) is 0.953. The number of methoxy groups -OCH3 is 2. The molecule has 140 valence electrons. The van der Waals surface area contributed by atoms with Crippen LogP contribution in [0.15, 0.2) is 48.0 Å². The molecule has 0 unspecified atom stereocenters. The Morgan fingerprint density at radius 3 is 2.30 bits per heavy atom. The first kappa shape index (κ1) is 19.9. The lowest BCUT2D eigenvalue weighted by atomic mass is 10.1. The summed E-state index contributed by atoms with van der Waals surface area (Å²) in [4.78, 5) is 12.3. The monoisotopic (exact) mass is 366 g/mol. The Morgan fingerprint density at radius 1 is 1.15 bits per heavy atom. The second kappa shape index (κ2) is 9.88. The molecule has 0 aromatic heterocycles. The van der Waals surface area contributed by atoms with E-state index in [1.165, 1.54) is 20.3 Å². The van der Waals surface area contributed by atoms with Gasteiger partial charge in [-0.3, -0.25) is 4.79 Å². The molecule has 1 N–H and O–H groups in total. The van der Waals surface area contributed by atoms with Crippen LogP contribution in [0.5, 0.6) is 17.2 Å². The fourth-order valence-corrected chi connectivity index (χ4v) is 2.46. The Balaban J connectivity index is 2.25. The standard InChI is InChI=1S/C21H22N2O4/c1-4-27-20-18(25-2)11-16(12-19(20)26-3)10-17(13-22)21(24)23-14-15-8-6-5-7-9-15/h5-12H,4,14H2,1-3H3,(H,23,24)/b17-10-. The van der Waals surface area contributed by atoms with E-state index in [1.54, 1.807) is 12.1 Å². The highest BCUT2D eigenvalue weighted by atomic mass is 16.5. The van der Waals surface area contributed by atoms with Gasteiger partial charge in [0, 0.05) is 6.54 Å². The van der Waals surface area contributed by atoms with Gasteiger partial charge in [0.05, 0.1) is 20.8 Å². The topological polar surface area (TPSA) is 80.6 Å². The normalized spacial score (nSPS) is 10.7. The van der Waals surface area contributed by atoms with E-state index in [1.807, 2.05) is 43.3 Å². The van der Waals surface area contributed by atoms with Crippen LogP contribution in [-0.2, 0) is 11.3 Å². The van der Waals surface area contributed by atoms with Crippen molar-refractivity contribution in [1.82, 2.24) is 5.32 Å². The molecule has 2 rings (SSSR count). The molecule has 0 heterocycles. The van der Waals surface area contributed by atoms with E-state index >= 15 is 0 Å². The van der Waals surface area contributed by atoms with E-state index in [2.05, 4.69) is 5.32 Å². The first-order valence-corrected chi connectivity index (χ1v) is 8.45. The molecule has 0 spiro atoms. The first-order valence-electron chi connectivity index (χ1n) is 8.45. The van der Waals surface area contributed by atoms with Crippen LogP contribution in [0.25, 0.3) is 6.08 Å². The van der Waals surface area contributed by atoms with Crippen molar-refractivity contribution in [2.75, 3.05) is 20.8 Å². The molecule has 0 aliphatic carbocycles. The molecule has 27 heavy (non-hydrogen) atoms. The molecular formula is C21H22N2O4. The molecule has 1 amide bonds. The van der Waals surface area contributed by atoms with Crippen LogP contribution in [0.4, 0.5) is 0 Å². The van der Waals surface area contributed by atoms with Gasteiger partial charge < -0.3 is 19.5 Å². The van der Waals surface area contributed by atoms with Crippen molar-refractivity contribution in [1.29, 1.82) is 5.26 Å². The second-order valence-electron chi connectivity index (χ2n) is 5.53. The Morgan fingerprint density at radius 2 is 1.78 bits per heavy atom. The number of hydrogen-bond donors (Lipinski definition) is 1. The SMILES string of the molecule is CCOc1c(OC)cc(/C=C(/C#N)C(=O)NCc2ccccc2)cc1OC. The molecule has 0 saturated heterocycles. The number of nitrogens with zero attached hydrogens (tertiary/aromatic N) is 1. The lowest BCUT2D eigenvalue weighted by molar-refractivity contribution is -0.117. The Labute approximate surface area is 159 Å². The van der Waals surface area contributed by atoms with Crippen molar-refractivity contribution < 1.29 is 19.0 Å². The van der Waals surface area contributed by atoms with E-state index < -0.39 is 5.91 Å². The summed E-state index contributed by atoms with van der Waals surface area (Å²) in [6, 6.07) is 14.8. The van der Waals surface area contributed by atoms with E-state index in [0.717, 1.165) is 5.56 Å². The third-order valence-electron chi connectivity index (χ3n) is 3.74. The van der Waals surface area contributed by atoms with E-state index in [9.17, 15) is 10.1 Å². The summed E-state index contributed by atoms with van der Waals surface area (Å²) < 4.78 is 16.2. The maximum Gasteiger partial charge on any atom is 0.262 e. The summed E-state index contributed by atoms with van der Waals surface area (Å²) in [5.41, 5.74) is 1.53. The Hall–Kier alpha value is -3.46. The number of carbonyl (C=O) groups is 1. The lowest BCUT2D eigenvalue weighted by Crippen LogP contribution is -2.23. The largest absolute Gasteiger partial charge is 0.493 e. The minimum atomic E-state index is -0.451. The summed E-state index contributed by atoms with van der Waals surface area (Å²) >= 11 is 0. The Kier molecular flexibility index (Phi) is 7.26. The maximum absolute atomic E-state index is 12.3. The fraction of sp³-hybridized carbons (Fsp3) is 0.238. The van der Waals surface area contributed by atoms with Crippen molar-refractivity contribution in [3.8, 4) is 23.3 Å². The van der Waals surface area contributed by atoms with Gasteiger partial charge >= 0.3 is 0 Å². The van der Waals surface area contributed by atoms with Gasteiger partial charge in [0.15, 0.2) is 11.5 Å². The molecule has 0 atom stereocenters. The van der Waals surface area contributed by atoms with Crippen molar-refractivity contribution in [2.45, 2.75) is 13.5 Å². The van der Waals surface area contributed by atoms with Crippen LogP contribution in [0, 0.1) is 11.3 Å². The number of benzene rings is 2. The summed E-state index contributed by atoms with van der Waals surface area (Å²) in [7, 11) is 3.03. The first-order chi connectivity index (χ1) is 13.1. The number of nitriles is 1. The number of nitrogens with one attached hydrogen (secondary N) is 1. The molecule has 6 nitrogen and oxygen atoms in total. The predicted molar refractivity (Wildman–Crippen MR) is 103 cm³/mol. The van der Waals surface area contributed by atoms with Gasteiger partial charge in [-0.2, -0.15) is 5.26 Å². The van der Waals surface area contributed by atoms with Crippen LogP contribution in [0.2, 0.25) is 0 Å².